The highest BCUT2D eigenvalue weighted by Crippen LogP contribution is 2.27. The van der Waals surface area contributed by atoms with Gasteiger partial charge in [-0.25, -0.2) is 0 Å². The van der Waals surface area contributed by atoms with Crippen molar-refractivity contribution < 1.29 is 14.3 Å². The zero-order valence-corrected chi connectivity index (χ0v) is 12.9. The largest absolute Gasteiger partial charge is 0.468 e. The molecule has 1 fully saturated rings. The van der Waals surface area contributed by atoms with Crippen molar-refractivity contribution in [3.8, 4) is 0 Å². The SMILES string of the molecule is CCc1ccc(C(=O)N(CC(=O)OC)C2CCCC2)s1. The van der Waals surface area contributed by atoms with Gasteiger partial charge in [0.2, 0.25) is 0 Å². The highest BCUT2D eigenvalue weighted by Gasteiger charge is 2.30. The number of carbonyl (C=O) groups excluding carboxylic acids is 2. The van der Waals surface area contributed by atoms with Gasteiger partial charge in [-0.1, -0.05) is 19.8 Å². The Kier molecular flexibility index (Phi) is 5.17. The maximum absolute atomic E-state index is 12.6. The molecule has 0 radical (unpaired) electrons. The second-order valence-corrected chi connectivity index (χ2v) is 6.24. The van der Waals surface area contributed by atoms with E-state index in [9.17, 15) is 9.59 Å². The fraction of sp³-hybridized carbons (Fsp3) is 0.600. The number of hydrogen-bond donors (Lipinski definition) is 0. The molecule has 0 spiro atoms. The van der Waals surface area contributed by atoms with Gasteiger partial charge in [-0.15, -0.1) is 11.3 Å². The summed E-state index contributed by atoms with van der Waals surface area (Å²) in [4.78, 5) is 27.8. The van der Waals surface area contributed by atoms with E-state index in [0.29, 0.717) is 0 Å². The summed E-state index contributed by atoms with van der Waals surface area (Å²) in [6.45, 7) is 2.13. The smallest absolute Gasteiger partial charge is 0.325 e. The Labute approximate surface area is 123 Å². The first kappa shape index (κ1) is 15.0. The molecule has 20 heavy (non-hydrogen) atoms. The van der Waals surface area contributed by atoms with Crippen LogP contribution in [0.15, 0.2) is 12.1 Å². The Morgan fingerprint density at radius 2 is 2.05 bits per heavy atom. The minimum atomic E-state index is -0.350. The van der Waals surface area contributed by atoms with Crippen LogP contribution >= 0.6 is 11.3 Å². The summed E-state index contributed by atoms with van der Waals surface area (Å²) in [5.41, 5.74) is 0. The first-order chi connectivity index (χ1) is 9.65. The molecule has 0 aromatic carbocycles. The first-order valence-corrected chi connectivity index (χ1v) is 7.93. The summed E-state index contributed by atoms with van der Waals surface area (Å²) in [6.07, 6.45) is 5.14. The summed E-state index contributed by atoms with van der Waals surface area (Å²) in [5, 5.41) is 0. The van der Waals surface area contributed by atoms with E-state index in [1.807, 2.05) is 12.1 Å². The minimum Gasteiger partial charge on any atom is -0.468 e. The molecule has 1 amide bonds. The summed E-state index contributed by atoms with van der Waals surface area (Å²) in [6, 6.07) is 4.03. The average molecular weight is 295 g/mol. The monoisotopic (exact) mass is 295 g/mol. The van der Waals surface area contributed by atoms with Crippen molar-refractivity contribution in [3.05, 3.63) is 21.9 Å². The molecule has 0 N–H and O–H groups in total. The first-order valence-electron chi connectivity index (χ1n) is 7.12. The van der Waals surface area contributed by atoms with E-state index >= 15 is 0 Å². The number of thiophene rings is 1. The summed E-state index contributed by atoms with van der Waals surface area (Å²) < 4.78 is 4.72. The van der Waals surface area contributed by atoms with E-state index in [4.69, 9.17) is 4.74 Å². The van der Waals surface area contributed by atoms with E-state index in [2.05, 4.69) is 6.92 Å². The number of methoxy groups -OCH3 is 1. The topological polar surface area (TPSA) is 46.6 Å². The highest BCUT2D eigenvalue weighted by atomic mass is 32.1. The van der Waals surface area contributed by atoms with Gasteiger partial charge in [0.1, 0.15) is 6.54 Å². The average Bonchev–Trinajstić information content (AvgIpc) is 3.14. The lowest BCUT2D eigenvalue weighted by molar-refractivity contribution is -0.141. The number of nitrogens with zero attached hydrogens (tertiary/aromatic N) is 1. The number of aryl methyl sites for hydroxylation is 1. The quantitative estimate of drug-likeness (QED) is 0.785. The van der Waals surface area contributed by atoms with E-state index in [0.717, 1.165) is 37.0 Å². The molecular formula is C15H21NO3S. The van der Waals surface area contributed by atoms with Crippen LogP contribution in [0.25, 0.3) is 0 Å². The van der Waals surface area contributed by atoms with Crippen molar-refractivity contribution in [2.75, 3.05) is 13.7 Å². The molecule has 5 heteroatoms. The number of hydrogen-bond acceptors (Lipinski definition) is 4. The van der Waals surface area contributed by atoms with E-state index in [1.165, 1.54) is 23.3 Å². The minimum absolute atomic E-state index is 0.0352. The van der Waals surface area contributed by atoms with Crippen molar-refractivity contribution >= 4 is 23.2 Å². The Balaban J connectivity index is 2.15. The van der Waals surface area contributed by atoms with Gasteiger partial charge in [-0.3, -0.25) is 9.59 Å². The molecule has 0 saturated heterocycles. The van der Waals surface area contributed by atoms with Gasteiger partial charge in [-0.2, -0.15) is 0 Å². The summed E-state index contributed by atoms with van der Waals surface area (Å²) >= 11 is 1.52. The maximum Gasteiger partial charge on any atom is 0.325 e. The number of carbonyl (C=O) groups is 2. The summed E-state index contributed by atoms with van der Waals surface area (Å²) in [5.74, 6) is -0.385. The molecule has 0 bridgehead atoms. The molecule has 1 saturated carbocycles. The van der Waals surface area contributed by atoms with Gasteiger partial charge in [0.25, 0.3) is 5.91 Å². The summed E-state index contributed by atoms with van der Waals surface area (Å²) in [7, 11) is 1.36. The molecule has 1 aromatic rings. The number of rotatable bonds is 5. The number of ether oxygens (including phenoxy) is 1. The van der Waals surface area contributed by atoms with E-state index in [1.54, 1.807) is 4.90 Å². The second kappa shape index (κ2) is 6.88. The van der Waals surface area contributed by atoms with E-state index in [-0.39, 0.29) is 24.5 Å². The molecule has 1 aliphatic carbocycles. The molecule has 1 aliphatic rings. The van der Waals surface area contributed by atoms with Crippen LogP contribution in [0.1, 0.15) is 47.2 Å². The van der Waals surface area contributed by atoms with Crippen LogP contribution in [0.5, 0.6) is 0 Å². The van der Waals surface area contributed by atoms with E-state index < -0.39 is 0 Å². The number of esters is 1. The maximum atomic E-state index is 12.6. The molecule has 0 unspecified atom stereocenters. The van der Waals surface area contributed by atoms with Crippen molar-refractivity contribution in [1.82, 2.24) is 4.90 Å². The van der Waals surface area contributed by atoms with Crippen LogP contribution in [0.4, 0.5) is 0 Å². The zero-order valence-electron chi connectivity index (χ0n) is 12.1. The third kappa shape index (κ3) is 3.39. The molecule has 1 aromatic heterocycles. The van der Waals surface area contributed by atoms with Crippen LogP contribution < -0.4 is 0 Å². The fourth-order valence-corrected chi connectivity index (χ4v) is 3.51. The van der Waals surface area contributed by atoms with Crippen molar-refractivity contribution in [2.45, 2.75) is 45.1 Å². The fourth-order valence-electron chi connectivity index (χ4n) is 2.61. The van der Waals surface area contributed by atoms with Crippen LogP contribution in [0, 0.1) is 0 Å². The highest BCUT2D eigenvalue weighted by molar-refractivity contribution is 7.14. The van der Waals surface area contributed by atoms with Crippen LogP contribution in [-0.2, 0) is 16.0 Å². The second-order valence-electron chi connectivity index (χ2n) is 5.07. The van der Waals surface area contributed by atoms with Gasteiger partial charge >= 0.3 is 5.97 Å². The molecule has 110 valence electrons. The Morgan fingerprint density at radius 3 is 2.60 bits per heavy atom. The third-order valence-electron chi connectivity index (χ3n) is 3.77. The Bertz CT molecular complexity index is 477. The van der Waals surface area contributed by atoms with Gasteiger partial charge in [-0.05, 0) is 31.4 Å². The van der Waals surface area contributed by atoms with Crippen LogP contribution in [0.2, 0.25) is 0 Å². The van der Waals surface area contributed by atoms with Gasteiger partial charge in [0, 0.05) is 10.9 Å². The van der Waals surface area contributed by atoms with Crippen LogP contribution in [-0.4, -0.2) is 36.5 Å². The molecule has 2 rings (SSSR count). The van der Waals surface area contributed by atoms with Gasteiger partial charge in [0.05, 0.1) is 12.0 Å². The van der Waals surface area contributed by atoms with Crippen molar-refractivity contribution in [3.63, 3.8) is 0 Å². The molecule has 4 nitrogen and oxygen atoms in total. The molecular weight excluding hydrogens is 274 g/mol. The van der Waals surface area contributed by atoms with Crippen molar-refractivity contribution in [1.29, 1.82) is 0 Å². The zero-order chi connectivity index (χ0) is 14.5. The van der Waals surface area contributed by atoms with Gasteiger partial charge < -0.3 is 9.64 Å². The lowest BCUT2D eigenvalue weighted by Gasteiger charge is -2.27. The van der Waals surface area contributed by atoms with Gasteiger partial charge in [0.15, 0.2) is 0 Å². The molecule has 1 heterocycles. The predicted octanol–water partition coefficient (Wildman–Crippen LogP) is 2.87. The standard InChI is InChI=1S/C15H21NO3S/c1-3-12-8-9-13(20-12)15(18)16(10-14(17)19-2)11-6-4-5-7-11/h8-9,11H,3-7,10H2,1-2H3. The molecule has 0 aliphatic heterocycles. The number of amides is 1. The van der Waals surface area contributed by atoms with Crippen molar-refractivity contribution in [2.24, 2.45) is 0 Å². The lowest BCUT2D eigenvalue weighted by atomic mass is 10.2. The lowest BCUT2D eigenvalue weighted by Crippen LogP contribution is -2.42. The Morgan fingerprint density at radius 1 is 1.35 bits per heavy atom. The molecule has 0 atom stereocenters. The normalized spacial score (nSPS) is 15.3. The third-order valence-corrected chi connectivity index (χ3v) is 4.99. The predicted molar refractivity (Wildman–Crippen MR) is 79.0 cm³/mol. The van der Waals surface area contributed by atoms with Crippen LogP contribution in [0.3, 0.4) is 0 Å². The Hall–Kier alpha value is -1.36.